The summed E-state index contributed by atoms with van der Waals surface area (Å²) in [6.07, 6.45) is 0.996. The van der Waals surface area contributed by atoms with Crippen LogP contribution in [0.1, 0.15) is 70.9 Å². The van der Waals surface area contributed by atoms with Crippen molar-refractivity contribution in [3.8, 4) is 39.6 Å². The van der Waals surface area contributed by atoms with E-state index in [-0.39, 0.29) is 11.1 Å². The normalized spacial score (nSPS) is 16.8. The number of hydrogen-bond donors (Lipinski definition) is 0. The second-order valence-electron chi connectivity index (χ2n) is 11.5. The quantitative estimate of drug-likeness (QED) is 0.203. The molecule has 0 radical (unpaired) electrons. The topological polar surface area (TPSA) is 40.8 Å². The minimum Gasteiger partial charge on any atom is -0.454 e. The van der Waals surface area contributed by atoms with Crippen molar-refractivity contribution in [3.63, 3.8) is 0 Å². The standard InChI is InChI=1S/C38H32FN2O/c1-21(2)29-18-33(41(6)20-32(29)39)34-22(3)11-14-27-28-16-13-24(19-40)35(37(28)42-36(27)34)23-12-15-26-25-9-7-8-10-30(25)38(4,5)31(26)17-23/h7-18,20-21H,1-6H3/q+1/i1D3,2D3,21D. The molecule has 2 heterocycles. The number of nitrogens with zero attached hydrogens (tertiary/aromatic N) is 2. The van der Waals surface area contributed by atoms with Crippen LogP contribution in [0.25, 0.3) is 55.4 Å². The second kappa shape index (κ2) is 9.13. The van der Waals surface area contributed by atoms with E-state index in [0.717, 1.165) is 34.3 Å². The highest BCUT2D eigenvalue weighted by atomic mass is 19.1. The zero-order valence-corrected chi connectivity index (χ0v) is 23.7. The summed E-state index contributed by atoms with van der Waals surface area (Å²) in [5.74, 6) is -4.36. The van der Waals surface area contributed by atoms with Crippen LogP contribution in [0, 0.1) is 24.1 Å². The molecular weight excluding hydrogens is 519 g/mol. The molecule has 0 fully saturated rings. The van der Waals surface area contributed by atoms with Crippen LogP contribution < -0.4 is 4.57 Å². The lowest BCUT2D eigenvalue weighted by atomic mass is 9.81. The Bertz CT molecular complexity index is 2400. The SMILES string of the molecule is [2H]C([2H])([2H])C([2H])(c1cc(-c2c(C)ccc3c2oc2c(-c4ccc5c(c4)C(C)(C)c4ccccc4-5)c(C#N)ccc23)[n+](C)cc1F)C([2H])([2H])[2H]. The van der Waals surface area contributed by atoms with Gasteiger partial charge in [0.05, 0.1) is 17.2 Å². The average molecular weight is 559 g/mol. The highest BCUT2D eigenvalue weighted by Crippen LogP contribution is 2.50. The van der Waals surface area contributed by atoms with Crippen LogP contribution in [0.4, 0.5) is 4.39 Å². The molecule has 0 atom stereocenters. The Balaban J connectivity index is 1.50. The van der Waals surface area contributed by atoms with Gasteiger partial charge in [0, 0.05) is 43.0 Å². The first-order valence-corrected chi connectivity index (χ1v) is 13.8. The third-order valence-electron chi connectivity index (χ3n) is 8.76. The van der Waals surface area contributed by atoms with Gasteiger partial charge in [-0.05, 0) is 64.4 Å². The summed E-state index contributed by atoms with van der Waals surface area (Å²) in [7, 11) is 1.56. The number of aromatic nitrogens is 1. The minimum absolute atomic E-state index is 0.266. The summed E-state index contributed by atoms with van der Waals surface area (Å²) >= 11 is 0. The smallest absolute Gasteiger partial charge is 0.216 e. The van der Waals surface area contributed by atoms with Gasteiger partial charge in [-0.15, -0.1) is 0 Å². The van der Waals surface area contributed by atoms with E-state index in [9.17, 15) is 5.26 Å². The predicted molar refractivity (Wildman–Crippen MR) is 167 cm³/mol. The van der Waals surface area contributed by atoms with Gasteiger partial charge in [0.15, 0.2) is 5.82 Å². The number of pyridine rings is 1. The van der Waals surface area contributed by atoms with Crippen molar-refractivity contribution in [1.29, 1.82) is 5.26 Å². The summed E-state index contributed by atoms with van der Waals surface area (Å²) < 4.78 is 80.2. The van der Waals surface area contributed by atoms with Gasteiger partial charge in [-0.2, -0.15) is 9.83 Å². The second-order valence-corrected chi connectivity index (χ2v) is 11.5. The third kappa shape index (κ3) is 3.59. The molecule has 0 saturated heterocycles. The van der Waals surface area contributed by atoms with E-state index >= 15 is 4.39 Å². The number of nitriles is 1. The molecule has 206 valence electrons. The van der Waals surface area contributed by atoms with E-state index in [1.54, 1.807) is 13.1 Å². The van der Waals surface area contributed by atoms with E-state index in [1.807, 2.05) is 43.3 Å². The predicted octanol–water partition coefficient (Wildman–Crippen LogP) is 9.49. The molecule has 0 saturated carbocycles. The fraction of sp³-hybridized carbons (Fsp3) is 0.211. The summed E-state index contributed by atoms with van der Waals surface area (Å²) in [6, 6.07) is 25.3. The van der Waals surface area contributed by atoms with Crippen molar-refractivity contribution in [2.24, 2.45) is 7.05 Å². The molecule has 4 heteroatoms. The first-order chi connectivity index (χ1) is 22.9. The van der Waals surface area contributed by atoms with Crippen LogP contribution >= 0.6 is 0 Å². The molecule has 7 rings (SSSR count). The molecule has 1 aliphatic carbocycles. The molecule has 0 bridgehead atoms. The lowest BCUT2D eigenvalue weighted by Crippen LogP contribution is -2.32. The van der Waals surface area contributed by atoms with Gasteiger partial charge < -0.3 is 4.42 Å². The maximum atomic E-state index is 15.5. The molecule has 42 heavy (non-hydrogen) atoms. The number of rotatable bonds is 3. The molecule has 0 spiro atoms. The molecule has 0 amide bonds. The van der Waals surface area contributed by atoms with Crippen molar-refractivity contribution in [3.05, 3.63) is 113 Å². The fourth-order valence-corrected chi connectivity index (χ4v) is 6.62. The molecule has 3 nitrogen and oxygen atoms in total. The lowest BCUT2D eigenvalue weighted by Gasteiger charge is -2.22. The Morgan fingerprint density at radius 3 is 2.40 bits per heavy atom. The zero-order chi connectivity index (χ0) is 35.4. The summed E-state index contributed by atoms with van der Waals surface area (Å²) in [5, 5.41) is 11.7. The lowest BCUT2D eigenvalue weighted by molar-refractivity contribution is -0.662. The Morgan fingerprint density at radius 1 is 0.929 bits per heavy atom. The molecule has 6 aromatic rings. The van der Waals surface area contributed by atoms with Gasteiger partial charge in [-0.1, -0.05) is 76.1 Å². The Morgan fingerprint density at radius 2 is 1.64 bits per heavy atom. The molecule has 1 aliphatic rings. The van der Waals surface area contributed by atoms with E-state index in [4.69, 9.17) is 14.0 Å². The van der Waals surface area contributed by atoms with E-state index in [0.29, 0.717) is 38.8 Å². The van der Waals surface area contributed by atoms with E-state index in [2.05, 4.69) is 44.2 Å². The maximum absolute atomic E-state index is 15.5. The molecule has 0 aliphatic heterocycles. The van der Waals surface area contributed by atoms with Crippen LogP contribution in [-0.4, -0.2) is 0 Å². The largest absolute Gasteiger partial charge is 0.454 e. The Labute approximate surface area is 255 Å². The summed E-state index contributed by atoms with van der Waals surface area (Å²) in [4.78, 5) is 0. The number of benzene rings is 4. The van der Waals surface area contributed by atoms with Crippen molar-refractivity contribution in [1.82, 2.24) is 0 Å². The van der Waals surface area contributed by atoms with Gasteiger partial charge in [-0.3, -0.25) is 0 Å². The van der Waals surface area contributed by atoms with Crippen molar-refractivity contribution < 1.29 is 23.0 Å². The Kier molecular flexibility index (Phi) is 4.21. The fourth-order valence-electron chi connectivity index (χ4n) is 6.62. The van der Waals surface area contributed by atoms with Crippen molar-refractivity contribution in [2.75, 3.05) is 0 Å². The van der Waals surface area contributed by atoms with Gasteiger partial charge in [0.2, 0.25) is 11.9 Å². The van der Waals surface area contributed by atoms with Gasteiger partial charge >= 0.3 is 0 Å². The van der Waals surface area contributed by atoms with Crippen LogP contribution in [-0.2, 0) is 12.5 Å². The van der Waals surface area contributed by atoms with Crippen LogP contribution in [0.5, 0.6) is 0 Å². The number of fused-ring (bicyclic) bond motifs is 6. The van der Waals surface area contributed by atoms with Crippen molar-refractivity contribution in [2.45, 2.75) is 45.8 Å². The molecule has 2 aromatic heterocycles. The molecule has 0 unspecified atom stereocenters. The van der Waals surface area contributed by atoms with Gasteiger partial charge in [0.25, 0.3) is 0 Å². The highest BCUT2D eigenvalue weighted by molar-refractivity contribution is 6.14. The van der Waals surface area contributed by atoms with Gasteiger partial charge in [0.1, 0.15) is 18.2 Å². The summed E-state index contributed by atoms with van der Waals surface area (Å²) in [6.45, 7) is -0.556. The highest BCUT2D eigenvalue weighted by Gasteiger charge is 2.35. The van der Waals surface area contributed by atoms with E-state index in [1.165, 1.54) is 15.7 Å². The summed E-state index contributed by atoms with van der Waals surface area (Å²) in [5.41, 5.74) is 7.79. The first kappa shape index (κ1) is 19.4. The number of aryl methyl sites for hydroxylation is 2. The number of hydrogen-bond acceptors (Lipinski definition) is 2. The third-order valence-corrected chi connectivity index (χ3v) is 8.76. The van der Waals surface area contributed by atoms with Crippen molar-refractivity contribution >= 4 is 21.9 Å². The van der Waals surface area contributed by atoms with Crippen LogP contribution in [0.15, 0.2) is 83.4 Å². The molecule has 4 aromatic carbocycles. The van der Waals surface area contributed by atoms with Crippen LogP contribution in [0.2, 0.25) is 0 Å². The van der Waals surface area contributed by atoms with Crippen LogP contribution in [0.3, 0.4) is 0 Å². The van der Waals surface area contributed by atoms with Gasteiger partial charge in [-0.25, -0.2) is 4.39 Å². The first-order valence-electron chi connectivity index (χ1n) is 17.3. The maximum Gasteiger partial charge on any atom is 0.216 e. The molecule has 0 N–H and O–H groups in total. The zero-order valence-electron chi connectivity index (χ0n) is 30.7. The number of furan rings is 1. The minimum atomic E-state index is -3.37. The average Bonchev–Trinajstić information content (AvgIpc) is 3.51. The number of halogens is 1. The van der Waals surface area contributed by atoms with E-state index < -0.39 is 31.0 Å². The Hall–Kier alpha value is -4.75. The molecular formula is C38H32FN2O+. The monoisotopic (exact) mass is 558 g/mol.